The van der Waals surface area contributed by atoms with E-state index in [1.807, 2.05) is 12.4 Å². The maximum Gasteiger partial charge on any atom is 0.122 e. The molecule has 3 rings (SSSR count). The lowest BCUT2D eigenvalue weighted by Gasteiger charge is -2.23. The van der Waals surface area contributed by atoms with Crippen LogP contribution >= 0.6 is 0 Å². The zero-order valence-corrected chi connectivity index (χ0v) is 12.7. The summed E-state index contributed by atoms with van der Waals surface area (Å²) in [5.41, 5.74) is 3.96. The molecule has 0 radical (unpaired) electrons. The summed E-state index contributed by atoms with van der Waals surface area (Å²) in [5.74, 6) is 1.05. The Balaban J connectivity index is 1.76. The quantitative estimate of drug-likeness (QED) is 0.905. The molecular formula is C18H22N2O. The topological polar surface area (TPSA) is 34.2 Å². The standard InChI is InChI=1S/C18H22N2O/c1-3-17(20-13(2)14-6-9-19-10-7-14)15-4-5-18-16(12-15)8-11-21-18/h4-7,9-10,12-13,17,20H,3,8,11H2,1-2H3/t13-,17?/m1/s1. The molecule has 2 aromatic rings. The first-order chi connectivity index (χ1) is 10.3. The van der Waals surface area contributed by atoms with E-state index in [0.29, 0.717) is 12.1 Å². The van der Waals surface area contributed by atoms with Gasteiger partial charge in [0.2, 0.25) is 0 Å². The number of nitrogens with zero attached hydrogens (tertiary/aromatic N) is 1. The van der Waals surface area contributed by atoms with Crippen LogP contribution in [0.2, 0.25) is 0 Å². The van der Waals surface area contributed by atoms with E-state index in [4.69, 9.17) is 4.74 Å². The minimum atomic E-state index is 0.308. The molecule has 0 saturated heterocycles. The van der Waals surface area contributed by atoms with E-state index in [1.54, 1.807) is 0 Å². The second kappa shape index (κ2) is 6.27. The van der Waals surface area contributed by atoms with Gasteiger partial charge in [0.25, 0.3) is 0 Å². The van der Waals surface area contributed by atoms with Crippen molar-refractivity contribution < 1.29 is 4.74 Å². The van der Waals surface area contributed by atoms with Crippen LogP contribution in [-0.4, -0.2) is 11.6 Å². The van der Waals surface area contributed by atoms with Gasteiger partial charge in [-0.05, 0) is 48.2 Å². The molecule has 3 heteroatoms. The fraction of sp³-hybridized carbons (Fsp3) is 0.389. The molecule has 1 aromatic heterocycles. The zero-order valence-electron chi connectivity index (χ0n) is 12.7. The van der Waals surface area contributed by atoms with Crippen LogP contribution < -0.4 is 10.1 Å². The number of hydrogen-bond acceptors (Lipinski definition) is 3. The van der Waals surface area contributed by atoms with E-state index < -0.39 is 0 Å². The van der Waals surface area contributed by atoms with Gasteiger partial charge in [-0.3, -0.25) is 4.98 Å². The van der Waals surface area contributed by atoms with E-state index >= 15 is 0 Å². The number of aromatic nitrogens is 1. The summed E-state index contributed by atoms with van der Waals surface area (Å²) in [5, 5.41) is 3.72. The molecule has 0 bridgehead atoms. The van der Waals surface area contributed by atoms with Gasteiger partial charge < -0.3 is 10.1 Å². The normalized spacial score (nSPS) is 16.1. The summed E-state index contributed by atoms with van der Waals surface area (Å²) in [4.78, 5) is 4.08. The number of hydrogen-bond donors (Lipinski definition) is 1. The highest BCUT2D eigenvalue weighted by molar-refractivity contribution is 5.40. The lowest BCUT2D eigenvalue weighted by molar-refractivity contribution is 0.356. The van der Waals surface area contributed by atoms with Crippen molar-refractivity contribution in [2.75, 3.05) is 6.61 Å². The molecule has 0 aliphatic carbocycles. The van der Waals surface area contributed by atoms with Crippen LogP contribution in [0.1, 0.15) is 49.0 Å². The third-order valence-electron chi connectivity index (χ3n) is 4.18. The van der Waals surface area contributed by atoms with Gasteiger partial charge in [-0.2, -0.15) is 0 Å². The first kappa shape index (κ1) is 14.1. The smallest absolute Gasteiger partial charge is 0.122 e. The van der Waals surface area contributed by atoms with Crippen LogP contribution in [0, 0.1) is 0 Å². The van der Waals surface area contributed by atoms with Crippen molar-refractivity contribution in [1.82, 2.24) is 10.3 Å². The van der Waals surface area contributed by atoms with Gasteiger partial charge >= 0.3 is 0 Å². The molecule has 0 saturated carbocycles. The second-order valence-electron chi connectivity index (χ2n) is 5.60. The molecule has 2 heterocycles. The first-order valence-corrected chi connectivity index (χ1v) is 7.69. The average molecular weight is 282 g/mol. The van der Waals surface area contributed by atoms with Crippen molar-refractivity contribution >= 4 is 0 Å². The number of nitrogens with one attached hydrogen (secondary N) is 1. The van der Waals surface area contributed by atoms with Crippen molar-refractivity contribution in [1.29, 1.82) is 0 Å². The van der Waals surface area contributed by atoms with Crippen LogP contribution in [0.25, 0.3) is 0 Å². The molecule has 1 aromatic carbocycles. The molecule has 1 aliphatic heterocycles. The van der Waals surface area contributed by atoms with Gasteiger partial charge in [0.05, 0.1) is 6.61 Å². The number of benzene rings is 1. The highest BCUT2D eigenvalue weighted by Gasteiger charge is 2.17. The lowest BCUT2D eigenvalue weighted by atomic mass is 9.99. The van der Waals surface area contributed by atoms with Gasteiger partial charge in [0, 0.05) is 30.9 Å². The molecule has 21 heavy (non-hydrogen) atoms. The van der Waals surface area contributed by atoms with Crippen molar-refractivity contribution in [2.24, 2.45) is 0 Å². The molecule has 0 amide bonds. The maximum absolute atomic E-state index is 5.59. The van der Waals surface area contributed by atoms with Gasteiger partial charge in [0.15, 0.2) is 0 Å². The van der Waals surface area contributed by atoms with Gasteiger partial charge in [-0.25, -0.2) is 0 Å². The molecule has 2 atom stereocenters. The minimum absolute atomic E-state index is 0.308. The van der Waals surface area contributed by atoms with Gasteiger partial charge in [0.1, 0.15) is 5.75 Å². The Morgan fingerprint density at radius 3 is 2.76 bits per heavy atom. The Labute approximate surface area is 126 Å². The number of pyridine rings is 1. The Hall–Kier alpha value is -1.87. The number of rotatable bonds is 5. The molecule has 1 aliphatic rings. The molecule has 1 unspecified atom stereocenters. The first-order valence-electron chi connectivity index (χ1n) is 7.69. The Morgan fingerprint density at radius 2 is 2.00 bits per heavy atom. The minimum Gasteiger partial charge on any atom is -0.493 e. The summed E-state index contributed by atoms with van der Waals surface area (Å²) >= 11 is 0. The van der Waals surface area contributed by atoms with Crippen molar-refractivity contribution in [3.8, 4) is 5.75 Å². The monoisotopic (exact) mass is 282 g/mol. The molecule has 1 N–H and O–H groups in total. The van der Waals surface area contributed by atoms with Crippen molar-refractivity contribution in [3.05, 3.63) is 59.4 Å². The summed E-state index contributed by atoms with van der Waals surface area (Å²) in [6.45, 7) is 5.24. The Kier molecular flexibility index (Phi) is 4.20. The molecular weight excluding hydrogens is 260 g/mol. The summed E-state index contributed by atoms with van der Waals surface area (Å²) in [6.07, 6.45) is 5.79. The van der Waals surface area contributed by atoms with E-state index in [1.165, 1.54) is 16.7 Å². The molecule has 0 fully saturated rings. The third-order valence-corrected chi connectivity index (χ3v) is 4.18. The summed E-state index contributed by atoms with van der Waals surface area (Å²) < 4.78 is 5.59. The number of ether oxygens (including phenoxy) is 1. The van der Waals surface area contributed by atoms with Crippen LogP contribution in [0.5, 0.6) is 5.75 Å². The molecule has 110 valence electrons. The third kappa shape index (κ3) is 3.08. The van der Waals surface area contributed by atoms with Gasteiger partial charge in [-0.15, -0.1) is 0 Å². The fourth-order valence-electron chi connectivity index (χ4n) is 2.92. The largest absolute Gasteiger partial charge is 0.493 e. The van der Waals surface area contributed by atoms with Crippen LogP contribution in [-0.2, 0) is 6.42 Å². The van der Waals surface area contributed by atoms with E-state index in [0.717, 1.165) is 25.2 Å². The van der Waals surface area contributed by atoms with Crippen LogP contribution in [0.15, 0.2) is 42.7 Å². The summed E-state index contributed by atoms with van der Waals surface area (Å²) in [6, 6.07) is 11.4. The Bertz CT molecular complexity index is 597. The average Bonchev–Trinajstić information content (AvgIpc) is 3.00. The fourth-order valence-corrected chi connectivity index (χ4v) is 2.92. The molecule has 3 nitrogen and oxygen atoms in total. The maximum atomic E-state index is 5.59. The Morgan fingerprint density at radius 1 is 1.19 bits per heavy atom. The lowest BCUT2D eigenvalue weighted by Crippen LogP contribution is -2.24. The van der Waals surface area contributed by atoms with E-state index in [9.17, 15) is 0 Å². The predicted molar refractivity (Wildman–Crippen MR) is 84.5 cm³/mol. The molecule has 0 spiro atoms. The van der Waals surface area contributed by atoms with E-state index in [2.05, 4.69) is 54.5 Å². The highest BCUT2D eigenvalue weighted by Crippen LogP contribution is 2.30. The predicted octanol–water partition coefficient (Wildman–Crippen LogP) is 3.82. The van der Waals surface area contributed by atoms with Gasteiger partial charge in [-0.1, -0.05) is 19.1 Å². The van der Waals surface area contributed by atoms with Crippen LogP contribution in [0.3, 0.4) is 0 Å². The van der Waals surface area contributed by atoms with Crippen molar-refractivity contribution in [2.45, 2.75) is 38.8 Å². The van der Waals surface area contributed by atoms with Crippen LogP contribution in [0.4, 0.5) is 0 Å². The van der Waals surface area contributed by atoms with E-state index in [-0.39, 0.29) is 0 Å². The zero-order chi connectivity index (χ0) is 14.7. The number of fused-ring (bicyclic) bond motifs is 1. The summed E-state index contributed by atoms with van der Waals surface area (Å²) in [7, 11) is 0. The second-order valence-corrected chi connectivity index (χ2v) is 5.60. The SMILES string of the molecule is CCC(N[C@H](C)c1ccncc1)c1ccc2c(c1)CCO2. The van der Waals surface area contributed by atoms with Crippen molar-refractivity contribution in [3.63, 3.8) is 0 Å². The highest BCUT2D eigenvalue weighted by atomic mass is 16.5.